The largest absolute Gasteiger partial charge is 0.440 e. The van der Waals surface area contributed by atoms with Crippen molar-refractivity contribution >= 4 is 60.0 Å². The van der Waals surface area contributed by atoms with E-state index in [-0.39, 0.29) is 11.3 Å². The van der Waals surface area contributed by atoms with Crippen LogP contribution in [0, 0.1) is 0 Å². The Balaban J connectivity index is 1.31. The van der Waals surface area contributed by atoms with Crippen LogP contribution in [-0.4, -0.2) is 56.7 Å². The molecule has 2 aliphatic rings. The number of morpholine rings is 1. The number of rotatable bonds is 6. The molecule has 0 radical (unpaired) electrons. The minimum absolute atomic E-state index is 0.0335. The van der Waals surface area contributed by atoms with E-state index in [1.165, 1.54) is 19.3 Å². The standard InChI is InChI=1S/C33H33N3O4S/c37-27-21-30(36-17-19-39-20-18-36)40-32-22(8-6-9-24(27)32)23-11-12-26(31-25-7-2-3-10-28(25)41-33(23)31)34-29(38)13-16-35-14-4-1-5-15-35/h2-3,6-12,21H,1,4-5,13-20H2,(H,34,38). The van der Waals surface area contributed by atoms with E-state index in [1.54, 1.807) is 17.4 Å². The Kier molecular flexibility index (Phi) is 7.21. The van der Waals surface area contributed by atoms with E-state index >= 15 is 0 Å². The normalized spacial score (nSPS) is 16.5. The number of nitrogens with one attached hydrogen (secondary N) is 1. The van der Waals surface area contributed by atoms with Gasteiger partial charge in [-0.2, -0.15) is 0 Å². The predicted octanol–water partition coefficient (Wildman–Crippen LogP) is 6.48. The molecular weight excluding hydrogens is 534 g/mol. The molecule has 2 saturated heterocycles. The maximum absolute atomic E-state index is 13.2. The number of piperidine rings is 1. The molecule has 2 aromatic heterocycles. The number of likely N-dealkylation sites (tertiary alicyclic amines) is 1. The second-order valence-electron chi connectivity index (χ2n) is 10.9. The van der Waals surface area contributed by atoms with Gasteiger partial charge in [-0.1, -0.05) is 42.8 Å². The van der Waals surface area contributed by atoms with Gasteiger partial charge in [-0.3, -0.25) is 9.59 Å². The first-order chi connectivity index (χ1) is 20.2. The van der Waals surface area contributed by atoms with Gasteiger partial charge in [-0.05, 0) is 44.1 Å². The monoisotopic (exact) mass is 567 g/mol. The van der Waals surface area contributed by atoms with Gasteiger partial charge in [0, 0.05) is 63.4 Å². The number of carbonyl (C=O) groups excluding carboxylic acids is 1. The molecule has 2 fully saturated rings. The molecule has 0 aliphatic carbocycles. The molecule has 1 amide bonds. The van der Waals surface area contributed by atoms with Gasteiger partial charge in [-0.25, -0.2) is 0 Å². The lowest BCUT2D eigenvalue weighted by atomic mass is 9.99. The summed E-state index contributed by atoms with van der Waals surface area (Å²) in [4.78, 5) is 30.8. The fourth-order valence-electron chi connectivity index (χ4n) is 6.12. The molecule has 4 heterocycles. The minimum atomic E-state index is -0.0558. The van der Waals surface area contributed by atoms with E-state index in [9.17, 15) is 9.59 Å². The third-order valence-electron chi connectivity index (χ3n) is 8.26. The number of amides is 1. The summed E-state index contributed by atoms with van der Waals surface area (Å²) < 4.78 is 14.2. The van der Waals surface area contributed by atoms with Crippen molar-refractivity contribution < 1.29 is 13.9 Å². The van der Waals surface area contributed by atoms with Crippen molar-refractivity contribution in [2.75, 3.05) is 56.2 Å². The summed E-state index contributed by atoms with van der Waals surface area (Å²) in [5.74, 6) is 0.606. The van der Waals surface area contributed by atoms with Crippen LogP contribution in [0.1, 0.15) is 25.7 Å². The molecule has 41 heavy (non-hydrogen) atoms. The average Bonchev–Trinajstić information content (AvgIpc) is 3.41. The van der Waals surface area contributed by atoms with Crippen LogP contribution in [0.3, 0.4) is 0 Å². The third-order valence-corrected chi connectivity index (χ3v) is 9.46. The first-order valence-electron chi connectivity index (χ1n) is 14.5. The summed E-state index contributed by atoms with van der Waals surface area (Å²) in [6.07, 6.45) is 4.19. The molecule has 0 spiro atoms. The van der Waals surface area contributed by atoms with Crippen LogP contribution in [0.4, 0.5) is 11.6 Å². The Bertz CT molecular complexity index is 1800. The third kappa shape index (κ3) is 5.12. The Hall–Kier alpha value is -3.72. The van der Waals surface area contributed by atoms with Crippen molar-refractivity contribution in [2.45, 2.75) is 25.7 Å². The molecule has 7 nitrogen and oxygen atoms in total. The Morgan fingerprint density at radius 1 is 0.878 bits per heavy atom. The Morgan fingerprint density at radius 2 is 1.68 bits per heavy atom. The van der Waals surface area contributed by atoms with Crippen LogP contribution in [0.15, 0.2) is 69.9 Å². The quantitative estimate of drug-likeness (QED) is 0.253. The molecule has 210 valence electrons. The van der Waals surface area contributed by atoms with E-state index in [0.717, 1.165) is 56.6 Å². The van der Waals surface area contributed by atoms with Crippen LogP contribution in [0.2, 0.25) is 0 Å². The molecule has 7 rings (SSSR count). The summed E-state index contributed by atoms with van der Waals surface area (Å²) >= 11 is 1.70. The highest BCUT2D eigenvalue weighted by Crippen LogP contribution is 2.45. The molecule has 0 atom stereocenters. The summed E-state index contributed by atoms with van der Waals surface area (Å²) in [7, 11) is 0. The Morgan fingerprint density at radius 3 is 2.54 bits per heavy atom. The topological polar surface area (TPSA) is 75.0 Å². The lowest BCUT2D eigenvalue weighted by molar-refractivity contribution is -0.116. The lowest BCUT2D eigenvalue weighted by Gasteiger charge is -2.27. The van der Waals surface area contributed by atoms with Crippen LogP contribution >= 0.6 is 11.3 Å². The molecule has 1 N–H and O–H groups in total. The zero-order valence-electron chi connectivity index (χ0n) is 23.0. The van der Waals surface area contributed by atoms with Crippen molar-refractivity contribution in [3.8, 4) is 11.1 Å². The fraction of sp³-hybridized carbons (Fsp3) is 0.333. The molecule has 0 unspecified atom stereocenters. The molecule has 0 saturated carbocycles. The van der Waals surface area contributed by atoms with Crippen molar-refractivity contribution in [2.24, 2.45) is 0 Å². The average molecular weight is 568 g/mol. The molecule has 5 aromatic rings. The van der Waals surface area contributed by atoms with E-state index < -0.39 is 0 Å². The Labute approximate surface area is 242 Å². The number of carbonyl (C=O) groups is 1. The second kappa shape index (κ2) is 11.3. The smallest absolute Gasteiger partial charge is 0.225 e. The molecule has 3 aromatic carbocycles. The highest BCUT2D eigenvalue weighted by molar-refractivity contribution is 7.26. The SMILES string of the molecule is O=C(CCN1CCCCC1)Nc1ccc(-c2cccc3c(=O)cc(N4CCOCC4)oc23)c2sc3ccccc3c12. The number of hydrogen-bond acceptors (Lipinski definition) is 7. The van der Waals surface area contributed by atoms with Gasteiger partial charge in [0.05, 0.1) is 24.3 Å². The van der Waals surface area contributed by atoms with Gasteiger partial charge in [0.1, 0.15) is 5.58 Å². The predicted molar refractivity (Wildman–Crippen MR) is 167 cm³/mol. The van der Waals surface area contributed by atoms with Crippen molar-refractivity contribution in [3.63, 3.8) is 0 Å². The van der Waals surface area contributed by atoms with Gasteiger partial charge in [-0.15, -0.1) is 11.3 Å². The lowest BCUT2D eigenvalue weighted by Crippen LogP contribution is -2.36. The van der Waals surface area contributed by atoms with Crippen molar-refractivity contribution in [3.05, 3.63) is 70.9 Å². The van der Waals surface area contributed by atoms with Crippen LogP contribution in [0.5, 0.6) is 0 Å². The van der Waals surface area contributed by atoms with Gasteiger partial charge in [0.15, 0.2) is 11.3 Å². The second-order valence-corrected chi connectivity index (χ2v) is 11.9. The van der Waals surface area contributed by atoms with E-state index in [1.807, 2.05) is 42.5 Å². The van der Waals surface area contributed by atoms with E-state index in [2.05, 4.69) is 27.2 Å². The van der Waals surface area contributed by atoms with Gasteiger partial charge in [0.25, 0.3) is 0 Å². The van der Waals surface area contributed by atoms with Crippen molar-refractivity contribution in [1.82, 2.24) is 4.90 Å². The number of nitrogens with zero attached hydrogens (tertiary/aromatic N) is 2. The van der Waals surface area contributed by atoms with Crippen LogP contribution in [-0.2, 0) is 9.53 Å². The number of benzene rings is 3. The van der Waals surface area contributed by atoms with Crippen LogP contribution < -0.4 is 15.6 Å². The fourth-order valence-corrected chi connectivity index (χ4v) is 7.37. The minimum Gasteiger partial charge on any atom is -0.440 e. The molecule has 2 aliphatic heterocycles. The number of ether oxygens (including phenoxy) is 1. The number of fused-ring (bicyclic) bond motifs is 4. The van der Waals surface area contributed by atoms with Gasteiger partial charge in [0.2, 0.25) is 5.91 Å². The first-order valence-corrected chi connectivity index (χ1v) is 15.3. The van der Waals surface area contributed by atoms with E-state index in [0.29, 0.717) is 49.6 Å². The summed E-state index contributed by atoms with van der Waals surface area (Å²) in [6.45, 7) is 5.53. The zero-order chi connectivity index (χ0) is 27.8. The number of hydrogen-bond donors (Lipinski definition) is 1. The summed E-state index contributed by atoms with van der Waals surface area (Å²) in [5, 5.41) is 5.92. The van der Waals surface area contributed by atoms with Gasteiger partial charge < -0.3 is 24.3 Å². The van der Waals surface area contributed by atoms with Crippen molar-refractivity contribution in [1.29, 1.82) is 0 Å². The maximum Gasteiger partial charge on any atom is 0.225 e. The molecule has 0 bridgehead atoms. The number of anilines is 2. The summed E-state index contributed by atoms with van der Waals surface area (Å²) in [6, 6.07) is 19.7. The number of thiophene rings is 1. The highest BCUT2D eigenvalue weighted by atomic mass is 32.1. The van der Waals surface area contributed by atoms with Gasteiger partial charge >= 0.3 is 0 Å². The van der Waals surface area contributed by atoms with E-state index in [4.69, 9.17) is 9.15 Å². The summed E-state index contributed by atoms with van der Waals surface area (Å²) in [5.41, 5.74) is 3.20. The van der Waals surface area contributed by atoms with Crippen LogP contribution in [0.25, 0.3) is 42.3 Å². The highest BCUT2D eigenvalue weighted by Gasteiger charge is 2.21. The molecule has 8 heteroatoms. The zero-order valence-corrected chi connectivity index (χ0v) is 23.8. The first kappa shape index (κ1) is 26.2. The maximum atomic E-state index is 13.2. The molecular formula is C33H33N3O4S. The number of para-hydroxylation sites is 1.